The van der Waals surface area contributed by atoms with Crippen LogP contribution in [-0.2, 0) is 0 Å². The summed E-state index contributed by atoms with van der Waals surface area (Å²) >= 11 is 11.4. The van der Waals surface area contributed by atoms with E-state index in [2.05, 4.69) is 0 Å². The molecule has 0 aromatic heterocycles. The molecule has 0 aliphatic carbocycles. The third-order valence-electron chi connectivity index (χ3n) is 1.13. The lowest BCUT2D eigenvalue weighted by Gasteiger charge is -1.94. The summed E-state index contributed by atoms with van der Waals surface area (Å²) in [5.74, 6) is 0. The predicted octanol–water partition coefficient (Wildman–Crippen LogP) is 4.33. The van der Waals surface area contributed by atoms with Crippen LogP contribution in [0.5, 0.6) is 0 Å². The zero-order valence-corrected chi connectivity index (χ0v) is 8.50. The highest BCUT2D eigenvalue weighted by atomic mass is 35.5. The van der Waals surface area contributed by atoms with E-state index in [0.717, 1.165) is 10.6 Å². The van der Waals surface area contributed by atoms with Crippen molar-refractivity contribution in [3.63, 3.8) is 0 Å². The summed E-state index contributed by atoms with van der Waals surface area (Å²) in [7, 11) is 0. The van der Waals surface area contributed by atoms with Crippen LogP contribution < -0.4 is 0 Å². The first kappa shape index (κ1) is 10.8. The van der Waals surface area contributed by atoms with E-state index < -0.39 is 0 Å². The van der Waals surface area contributed by atoms with Crippen molar-refractivity contribution in [2.75, 3.05) is 0 Å². The van der Waals surface area contributed by atoms with Gasteiger partial charge in [-0.3, -0.25) is 0 Å². The van der Waals surface area contributed by atoms with Crippen LogP contribution in [0.15, 0.2) is 18.2 Å². The normalized spacial score (nSPS) is 8.45. The fraction of sp³-hybridized carbons (Fsp3) is 0.333. The smallest absolute Gasteiger partial charge is 0.0449 e. The second-order valence-corrected chi connectivity index (χ2v) is 2.74. The van der Waals surface area contributed by atoms with Crippen LogP contribution in [0.3, 0.4) is 0 Å². The lowest BCUT2D eigenvalue weighted by Crippen LogP contribution is -1.71. The Hall–Kier alpha value is -0.200. The van der Waals surface area contributed by atoms with Crippen molar-refractivity contribution in [1.82, 2.24) is 0 Å². The molecule has 0 spiro atoms. The number of halogens is 2. The Bertz CT molecular complexity index is 219. The summed E-state index contributed by atoms with van der Waals surface area (Å²) < 4.78 is 0. The van der Waals surface area contributed by atoms with Crippen LogP contribution in [-0.4, -0.2) is 0 Å². The van der Waals surface area contributed by atoms with Crippen molar-refractivity contribution in [1.29, 1.82) is 0 Å². The van der Waals surface area contributed by atoms with Gasteiger partial charge in [0.2, 0.25) is 0 Å². The molecule has 1 rings (SSSR count). The molecule has 0 fully saturated rings. The van der Waals surface area contributed by atoms with E-state index in [-0.39, 0.29) is 0 Å². The molecule has 0 N–H and O–H groups in total. The highest BCUT2D eigenvalue weighted by Gasteiger charge is 1.92. The van der Waals surface area contributed by atoms with Gasteiger partial charge < -0.3 is 0 Å². The molecular formula is C9H12Cl2. The van der Waals surface area contributed by atoms with Gasteiger partial charge in [0.25, 0.3) is 0 Å². The molecule has 0 heterocycles. The summed E-state index contributed by atoms with van der Waals surface area (Å²) in [6, 6.07) is 5.45. The minimum atomic E-state index is 0.686. The van der Waals surface area contributed by atoms with E-state index in [1.807, 2.05) is 32.9 Å². The van der Waals surface area contributed by atoms with Crippen LogP contribution in [0.2, 0.25) is 10.0 Å². The third-order valence-corrected chi connectivity index (χ3v) is 1.78. The number of aryl methyl sites for hydroxylation is 1. The van der Waals surface area contributed by atoms with Gasteiger partial charge >= 0.3 is 0 Å². The highest BCUT2D eigenvalue weighted by molar-refractivity contribution is 6.35. The quantitative estimate of drug-likeness (QED) is 0.572. The van der Waals surface area contributed by atoms with Crippen molar-refractivity contribution in [3.05, 3.63) is 33.8 Å². The topological polar surface area (TPSA) is 0 Å². The molecule has 0 saturated carbocycles. The molecule has 62 valence electrons. The first-order chi connectivity index (χ1) is 5.20. The van der Waals surface area contributed by atoms with Gasteiger partial charge in [0.15, 0.2) is 0 Å². The molecule has 1 aromatic rings. The zero-order valence-electron chi connectivity index (χ0n) is 6.99. The number of benzene rings is 1. The largest absolute Gasteiger partial charge is 0.0843 e. The fourth-order valence-corrected chi connectivity index (χ4v) is 0.976. The Morgan fingerprint density at radius 2 is 1.64 bits per heavy atom. The van der Waals surface area contributed by atoms with Gasteiger partial charge in [-0.2, -0.15) is 0 Å². The lowest BCUT2D eigenvalue weighted by atomic mass is 10.2. The number of rotatable bonds is 0. The number of hydrogen-bond acceptors (Lipinski definition) is 0. The van der Waals surface area contributed by atoms with Gasteiger partial charge in [-0.25, -0.2) is 0 Å². The van der Waals surface area contributed by atoms with Crippen molar-refractivity contribution < 1.29 is 0 Å². The molecule has 0 aliphatic heterocycles. The SMILES string of the molecule is CC.Cc1ccc(Cl)cc1Cl. The Morgan fingerprint density at radius 1 is 1.09 bits per heavy atom. The standard InChI is InChI=1S/C7H6Cl2.C2H6/c1-5-2-3-6(8)4-7(5)9;1-2/h2-4H,1H3;1-2H3. The second-order valence-electron chi connectivity index (χ2n) is 1.89. The average Bonchev–Trinajstić information content (AvgIpc) is 2.02. The van der Waals surface area contributed by atoms with E-state index in [0.29, 0.717) is 5.02 Å². The summed E-state index contributed by atoms with van der Waals surface area (Å²) in [5, 5.41) is 1.41. The molecule has 0 aliphatic rings. The molecule has 0 atom stereocenters. The molecular weight excluding hydrogens is 179 g/mol. The van der Waals surface area contributed by atoms with Crippen LogP contribution in [0.4, 0.5) is 0 Å². The summed E-state index contributed by atoms with van der Waals surface area (Å²) in [5.41, 5.74) is 1.06. The van der Waals surface area contributed by atoms with Crippen LogP contribution >= 0.6 is 23.2 Å². The van der Waals surface area contributed by atoms with E-state index in [1.54, 1.807) is 6.07 Å². The molecule has 11 heavy (non-hydrogen) atoms. The van der Waals surface area contributed by atoms with E-state index >= 15 is 0 Å². The van der Waals surface area contributed by atoms with Gasteiger partial charge in [-0.15, -0.1) is 0 Å². The minimum absolute atomic E-state index is 0.686. The van der Waals surface area contributed by atoms with Crippen LogP contribution in [0, 0.1) is 6.92 Å². The van der Waals surface area contributed by atoms with Gasteiger partial charge in [-0.1, -0.05) is 43.1 Å². The Balaban J connectivity index is 0.000000461. The average molecular weight is 191 g/mol. The van der Waals surface area contributed by atoms with Gasteiger partial charge in [0.1, 0.15) is 0 Å². The molecule has 0 radical (unpaired) electrons. The molecule has 2 heteroatoms. The van der Waals surface area contributed by atoms with E-state index in [9.17, 15) is 0 Å². The van der Waals surface area contributed by atoms with Gasteiger partial charge in [0, 0.05) is 10.0 Å². The molecule has 1 aromatic carbocycles. The van der Waals surface area contributed by atoms with Crippen LogP contribution in [0.1, 0.15) is 19.4 Å². The maximum Gasteiger partial charge on any atom is 0.0449 e. The zero-order chi connectivity index (χ0) is 8.85. The highest BCUT2D eigenvalue weighted by Crippen LogP contribution is 2.19. The van der Waals surface area contributed by atoms with Crippen molar-refractivity contribution in [2.24, 2.45) is 0 Å². The monoisotopic (exact) mass is 190 g/mol. The maximum atomic E-state index is 5.73. The first-order valence-electron chi connectivity index (χ1n) is 3.62. The lowest BCUT2D eigenvalue weighted by molar-refractivity contribution is 1.47. The van der Waals surface area contributed by atoms with Crippen molar-refractivity contribution in [3.8, 4) is 0 Å². The first-order valence-corrected chi connectivity index (χ1v) is 4.37. The second kappa shape index (κ2) is 5.45. The van der Waals surface area contributed by atoms with Gasteiger partial charge in [0.05, 0.1) is 0 Å². The van der Waals surface area contributed by atoms with Gasteiger partial charge in [-0.05, 0) is 24.6 Å². The van der Waals surface area contributed by atoms with Crippen molar-refractivity contribution in [2.45, 2.75) is 20.8 Å². The minimum Gasteiger partial charge on any atom is -0.0843 e. The van der Waals surface area contributed by atoms with E-state index in [1.165, 1.54) is 0 Å². The summed E-state index contributed by atoms with van der Waals surface area (Å²) in [6.07, 6.45) is 0. The molecule has 0 bridgehead atoms. The third kappa shape index (κ3) is 3.64. The Kier molecular flexibility index (Phi) is 5.35. The van der Waals surface area contributed by atoms with Crippen LogP contribution in [0.25, 0.3) is 0 Å². The summed E-state index contributed by atoms with van der Waals surface area (Å²) in [4.78, 5) is 0. The molecule has 0 amide bonds. The van der Waals surface area contributed by atoms with E-state index in [4.69, 9.17) is 23.2 Å². The molecule has 0 nitrogen and oxygen atoms in total. The molecule has 0 unspecified atom stereocenters. The fourth-order valence-electron chi connectivity index (χ4n) is 0.567. The Morgan fingerprint density at radius 3 is 2.00 bits per heavy atom. The number of hydrogen-bond donors (Lipinski definition) is 0. The maximum absolute atomic E-state index is 5.73. The summed E-state index contributed by atoms with van der Waals surface area (Å²) in [6.45, 7) is 5.94. The molecule has 0 saturated heterocycles. The predicted molar refractivity (Wildman–Crippen MR) is 52.5 cm³/mol. The van der Waals surface area contributed by atoms with Crippen molar-refractivity contribution >= 4 is 23.2 Å². The Labute approximate surface area is 78.1 Å².